The van der Waals surface area contributed by atoms with E-state index in [1.165, 1.54) is 57.8 Å². The number of aliphatic carboxylic acids is 1. The summed E-state index contributed by atoms with van der Waals surface area (Å²) in [5.74, 6) is -1.44. The number of rotatable bonds is 16. The van der Waals surface area contributed by atoms with Crippen molar-refractivity contribution in [1.82, 2.24) is 0 Å². The Morgan fingerprint density at radius 1 is 0.783 bits per heavy atom. The summed E-state index contributed by atoms with van der Waals surface area (Å²) in [5.41, 5.74) is 0. The van der Waals surface area contributed by atoms with Crippen LogP contribution in [0, 0.1) is 0 Å². The van der Waals surface area contributed by atoms with Crippen molar-refractivity contribution >= 4 is 11.9 Å². The molecule has 0 aromatic carbocycles. The van der Waals surface area contributed by atoms with Gasteiger partial charge in [-0.05, 0) is 12.8 Å². The summed E-state index contributed by atoms with van der Waals surface area (Å²) in [5, 5.41) is 8.82. The Balaban J connectivity index is 3.32. The Morgan fingerprint density at radius 2 is 1.22 bits per heavy atom. The van der Waals surface area contributed by atoms with E-state index in [9.17, 15) is 9.59 Å². The quantitative estimate of drug-likeness (QED) is 0.301. The highest BCUT2D eigenvalue weighted by Gasteiger charge is 2.19. The second kappa shape index (κ2) is 15.8. The smallest absolute Gasteiger partial charge is 0.345 e. The fourth-order valence-electron chi connectivity index (χ4n) is 2.64. The van der Waals surface area contributed by atoms with E-state index in [0.29, 0.717) is 12.8 Å². The molecule has 0 rings (SSSR count). The van der Waals surface area contributed by atoms with Gasteiger partial charge in [-0.15, -0.1) is 0 Å². The summed E-state index contributed by atoms with van der Waals surface area (Å²) in [6, 6.07) is 0. The molecular formula is C19H36O4. The minimum absolute atomic E-state index is 0.319. The minimum atomic E-state index is -1.06. The number of carboxylic acids is 1. The lowest BCUT2D eigenvalue weighted by atomic mass is 10.0. The molecule has 0 radical (unpaired) electrons. The van der Waals surface area contributed by atoms with Crippen molar-refractivity contribution < 1.29 is 19.4 Å². The van der Waals surface area contributed by atoms with Crippen LogP contribution >= 0.6 is 0 Å². The zero-order valence-electron chi connectivity index (χ0n) is 15.1. The molecule has 0 aliphatic heterocycles. The molecule has 4 nitrogen and oxygen atoms in total. The van der Waals surface area contributed by atoms with Crippen LogP contribution in [0.3, 0.4) is 0 Å². The Hall–Kier alpha value is -1.06. The van der Waals surface area contributed by atoms with Gasteiger partial charge in [0.25, 0.3) is 0 Å². The van der Waals surface area contributed by atoms with E-state index in [4.69, 9.17) is 9.84 Å². The molecule has 4 heteroatoms. The molecule has 0 bridgehead atoms. The van der Waals surface area contributed by atoms with Crippen LogP contribution in [0.25, 0.3) is 0 Å². The van der Waals surface area contributed by atoms with Gasteiger partial charge >= 0.3 is 11.9 Å². The third-order valence-corrected chi connectivity index (χ3v) is 4.15. The Bertz CT molecular complexity index is 302. The fraction of sp³-hybridized carbons (Fsp3) is 0.895. The van der Waals surface area contributed by atoms with E-state index in [0.717, 1.165) is 19.3 Å². The highest BCUT2D eigenvalue weighted by molar-refractivity contribution is 5.77. The lowest BCUT2D eigenvalue weighted by molar-refractivity contribution is -0.164. The van der Waals surface area contributed by atoms with Crippen molar-refractivity contribution in [2.24, 2.45) is 0 Å². The molecule has 136 valence electrons. The molecule has 0 fully saturated rings. The van der Waals surface area contributed by atoms with Crippen LogP contribution in [0.5, 0.6) is 0 Å². The first kappa shape index (κ1) is 21.9. The third kappa shape index (κ3) is 14.3. The summed E-state index contributed by atoms with van der Waals surface area (Å²) in [6.45, 7) is 3.95. The zero-order valence-corrected chi connectivity index (χ0v) is 15.1. The predicted molar refractivity (Wildman–Crippen MR) is 93.5 cm³/mol. The second-order valence-corrected chi connectivity index (χ2v) is 6.36. The van der Waals surface area contributed by atoms with Crippen molar-refractivity contribution in [3.05, 3.63) is 0 Å². The maximum atomic E-state index is 11.5. The number of carbonyl (C=O) groups is 2. The number of hydrogen-bond donors (Lipinski definition) is 1. The first-order valence-corrected chi connectivity index (χ1v) is 9.54. The van der Waals surface area contributed by atoms with Gasteiger partial charge in [-0.3, -0.25) is 4.79 Å². The lowest BCUT2D eigenvalue weighted by Gasteiger charge is -2.11. The van der Waals surface area contributed by atoms with E-state index < -0.39 is 12.1 Å². The van der Waals surface area contributed by atoms with Crippen molar-refractivity contribution in [1.29, 1.82) is 0 Å². The minimum Gasteiger partial charge on any atom is -0.479 e. The molecular weight excluding hydrogens is 292 g/mol. The molecule has 0 aromatic heterocycles. The van der Waals surface area contributed by atoms with E-state index in [1.54, 1.807) is 6.92 Å². The van der Waals surface area contributed by atoms with Crippen LogP contribution in [-0.4, -0.2) is 23.1 Å². The van der Waals surface area contributed by atoms with Crippen LogP contribution < -0.4 is 0 Å². The summed E-state index contributed by atoms with van der Waals surface area (Å²) >= 11 is 0. The van der Waals surface area contributed by atoms with Gasteiger partial charge in [0.1, 0.15) is 0 Å². The standard InChI is InChI=1S/C19H36O4/c1-3-5-6-7-8-9-10-11-12-13-14-15-16-18(20)23-17(4-2)19(21)22/h17H,3-16H2,1-2H3,(H,21,22). The molecule has 0 heterocycles. The van der Waals surface area contributed by atoms with Crippen molar-refractivity contribution in [2.75, 3.05) is 0 Å². The van der Waals surface area contributed by atoms with Gasteiger partial charge < -0.3 is 9.84 Å². The van der Waals surface area contributed by atoms with E-state index in [1.807, 2.05) is 0 Å². The summed E-state index contributed by atoms with van der Waals surface area (Å²) in [6.07, 6.45) is 14.6. The number of hydrogen-bond acceptors (Lipinski definition) is 3. The molecule has 0 aromatic rings. The number of unbranched alkanes of at least 4 members (excludes halogenated alkanes) is 11. The zero-order chi connectivity index (χ0) is 17.3. The van der Waals surface area contributed by atoms with Gasteiger partial charge in [-0.2, -0.15) is 0 Å². The SMILES string of the molecule is CCCCCCCCCCCCCCC(=O)OC(CC)C(=O)O. The highest BCUT2D eigenvalue weighted by Crippen LogP contribution is 2.13. The first-order valence-electron chi connectivity index (χ1n) is 9.54. The summed E-state index contributed by atoms with van der Waals surface area (Å²) < 4.78 is 4.92. The number of carbonyl (C=O) groups excluding carboxylic acids is 1. The monoisotopic (exact) mass is 328 g/mol. The van der Waals surface area contributed by atoms with Crippen LogP contribution in [0.1, 0.15) is 104 Å². The molecule has 23 heavy (non-hydrogen) atoms. The molecule has 0 aliphatic carbocycles. The van der Waals surface area contributed by atoms with Crippen LogP contribution in [0.2, 0.25) is 0 Å². The third-order valence-electron chi connectivity index (χ3n) is 4.15. The Morgan fingerprint density at radius 3 is 1.61 bits per heavy atom. The molecule has 0 saturated heterocycles. The molecule has 1 N–H and O–H groups in total. The van der Waals surface area contributed by atoms with Gasteiger partial charge in [-0.1, -0.05) is 84.5 Å². The fourth-order valence-corrected chi connectivity index (χ4v) is 2.64. The largest absolute Gasteiger partial charge is 0.479 e. The average molecular weight is 328 g/mol. The number of carboxylic acid groups (broad SMARTS) is 1. The molecule has 1 atom stereocenters. The van der Waals surface area contributed by atoms with Crippen LogP contribution in [0.4, 0.5) is 0 Å². The Kier molecular flexibility index (Phi) is 15.1. The second-order valence-electron chi connectivity index (χ2n) is 6.36. The van der Waals surface area contributed by atoms with Crippen molar-refractivity contribution in [3.63, 3.8) is 0 Å². The van der Waals surface area contributed by atoms with Gasteiger partial charge in [0.2, 0.25) is 0 Å². The number of ether oxygens (including phenoxy) is 1. The molecule has 0 aliphatic rings. The highest BCUT2D eigenvalue weighted by atomic mass is 16.6. The van der Waals surface area contributed by atoms with Crippen LogP contribution in [-0.2, 0) is 14.3 Å². The Labute approximate surface area is 142 Å². The maximum Gasteiger partial charge on any atom is 0.345 e. The van der Waals surface area contributed by atoms with Crippen molar-refractivity contribution in [3.8, 4) is 0 Å². The summed E-state index contributed by atoms with van der Waals surface area (Å²) in [4.78, 5) is 22.3. The summed E-state index contributed by atoms with van der Waals surface area (Å²) in [7, 11) is 0. The predicted octanol–water partition coefficient (Wildman–Crippen LogP) is 5.48. The van der Waals surface area contributed by atoms with E-state index in [2.05, 4.69) is 6.92 Å². The molecule has 1 unspecified atom stereocenters. The first-order chi connectivity index (χ1) is 11.1. The van der Waals surface area contributed by atoms with Crippen molar-refractivity contribution in [2.45, 2.75) is 110 Å². The van der Waals surface area contributed by atoms with Gasteiger partial charge in [0, 0.05) is 6.42 Å². The van der Waals surface area contributed by atoms with E-state index >= 15 is 0 Å². The number of esters is 1. The average Bonchev–Trinajstić information content (AvgIpc) is 2.53. The molecule has 0 saturated carbocycles. The normalized spacial score (nSPS) is 12.1. The van der Waals surface area contributed by atoms with Gasteiger partial charge in [0.15, 0.2) is 6.10 Å². The van der Waals surface area contributed by atoms with Crippen LogP contribution in [0.15, 0.2) is 0 Å². The van der Waals surface area contributed by atoms with Gasteiger partial charge in [-0.25, -0.2) is 4.79 Å². The van der Waals surface area contributed by atoms with Gasteiger partial charge in [0.05, 0.1) is 0 Å². The maximum absolute atomic E-state index is 11.5. The van der Waals surface area contributed by atoms with E-state index in [-0.39, 0.29) is 5.97 Å². The molecule has 0 spiro atoms. The topological polar surface area (TPSA) is 63.6 Å². The molecule has 0 amide bonds. The lowest BCUT2D eigenvalue weighted by Crippen LogP contribution is -2.26.